The van der Waals surface area contributed by atoms with Crippen LogP contribution in [0, 0.1) is 0 Å². The summed E-state index contributed by atoms with van der Waals surface area (Å²) in [5, 5.41) is 16.6. The normalized spacial score (nSPS) is 26.0. The molecule has 1 aliphatic rings. The number of hydrogen-bond donors (Lipinski definition) is 1. The SMILES string of the molecule is OC1(Cc2ccc(Cl)cc2Cl)CCCCC1n1cncn1. The summed E-state index contributed by atoms with van der Waals surface area (Å²) in [6, 6.07) is 5.34. The molecular weight excluding hydrogens is 309 g/mol. The van der Waals surface area contributed by atoms with Gasteiger partial charge in [-0.3, -0.25) is 0 Å². The number of nitrogens with zero attached hydrogens (tertiary/aromatic N) is 3. The molecule has 0 bridgehead atoms. The minimum Gasteiger partial charge on any atom is -0.387 e. The van der Waals surface area contributed by atoms with E-state index in [0.29, 0.717) is 16.5 Å². The lowest BCUT2D eigenvalue weighted by Crippen LogP contribution is -2.44. The molecule has 1 aliphatic carbocycles. The smallest absolute Gasteiger partial charge is 0.137 e. The van der Waals surface area contributed by atoms with Gasteiger partial charge in [0.1, 0.15) is 12.7 Å². The van der Waals surface area contributed by atoms with Gasteiger partial charge in [0.2, 0.25) is 0 Å². The Morgan fingerprint density at radius 2 is 2.19 bits per heavy atom. The van der Waals surface area contributed by atoms with E-state index in [1.807, 2.05) is 6.07 Å². The molecule has 1 aromatic carbocycles. The fraction of sp³-hybridized carbons (Fsp3) is 0.467. The summed E-state index contributed by atoms with van der Waals surface area (Å²) in [7, 11) is 0. The Bertz CT molecular complexity index is 617. The Kier molecular flexibility index (Phi) is 4.20. The molecule has 0 amide bonds. The van der Waals surface area contributed by atoms with Crippen LogP contribution in [-0.2, 0) is 6.42 Å². The predicted molar refractivity (Wildman–Crippen MR) is 82.6 cm³/mol. The van der Waals surface area contributed by atoms with E-state index >= 15 is 0 Å². The highest BCUT2D eigenvalue weighted by molar-refractivity contribution is 6.35. The van der Waals surface area contributed by atoms with E-state index < -0.39 is 5.60 Å². The van der Waals surface area contributed by atoms with Crippen molar-refractivity contribution in [2.45, 2.75) is 43.7 Å². The third kappa shape index (κ3) is 3.07. The molecule has 0 spiro atoms. The van der Waals surface area contributed by atoms with Crippen molar-refractivity contribution in [3.8, 4) is 0 Å². The van der Waals surface area contributed by atoms with Gasteiger partial charge < -0.3 is 5.11 Å². The Morgan fingerprint density at radius 1 is 1.33 bits per heavy atom. The molecule has 2 unspecified atom stereocenters. The van der Waals surface area contributed by atoms with Crippen molar-refractivity contribution < 1.29 is 5.11 Å². The number of rotatable bonds is 3. The number of aromatic nitrogens is 3. The van der Waals surface area contributed by atoms with Gasteiger partial charge in [-0.15, -0.1) is 0 Å². The zero-order valence-electron chi connectivity index (χ0n) is 11.5. The number of hydrogen-bond acceptors (Lipinski definition) is 3. The minimum atomic E-state index is -0.858. The molecule has 4 nitrogen and oxygen atoms in total. The Morgan fingerprint density at radius 3 is 2.90 bits per heavy atom. The topological polar surface area (TPSA) is 50.9 Å². The molecule has 1 N–H and O–H groups in total. The van der Waals surface area contributed by atoms with Gasteiger partial charge in [-0.25, -0.2) is 9.67 Å². The maximum absolute atomic E-state index is 11.2. The lowest BCUT2D eigenvalue weighted by molar-refractivity contribution is -0.0452. The molecule has 1 saturated carbocycles. The summed E-state index contributed by atoms with van der Waals surface area (Å²) < 4.78 is 1.77. The fourth-order valence-corrected chi connectivity index (χ4v) is 3.64. The third-order valence-corrected chi connectivity index (χ3v) is 4.81. The summed E-state index contributed by atoms with van der Waals surface area (Å²) in [6.45, 7) is 0. The lowest BCUT2D eigenvalue weighted by Gasteiger charge is -2.40. The third-order valence-electron chi connectivity index (χ3n) is 4.23. The van der Waals surface area contributed by atoms with Gasteiger partial charge in [-0.2, -0.15) is 5.10 Å². The van der Waals surface area contributed by atoms with E-state index in [0.717, 1.165) is 31.2 Å². The maximum atomic E-state index is 11.2. The number of benzene rings is 1. The summed E-state index contributed by atoms with van der Waals surface area (Å²) in [5.74, 6) is 0. The first-order chi connectivity index (χ1) is 10.1. The van der Waals surface area contributed by atoms with E-state index in [1.165, 1.54) is 6.33 Å². The van der Waals surface area contributed by atoms with E-state index in [1.54, 1.807) is 23.1 Å². The minimum absolute atomic E-state index is 0.0690. The first-order valence-corrected chi connectivity index (χ1v) is 7.84. The second kappa shape index (κ2) is 5.95. The maximum Gasteiger partial charge on any atom is 0.137 e. The van der Waals surface area contributed by atoms with Crippen molar-refractivity contribution in [3.05, 3.63) is 46.5 Å². The quantitative estimate of drug-likeness (QED) is 0.936. The van der Waals surface area contributed by atoms with E-state index in [9.17, 15) is 5.11 Å². The molecule has 6 heteroatoms. The number of halogens is 2. The van der Waals surface area contributed by atoms with Crippen LogP contribution in [-0.4, -0.2) is 25.5 Å². The van der Waals surface area contributed by atoms with Crippen molar-refractivity contribution in [1.82, 2.24) is 14.8 Å². The van der Waals surface area contributed by atoms with Crippen LogP contribution in [0.1, 0.15) is 37.3 Å². The largest absolute Gasteiger partial charge is 0.387 e. The lowest BCUT2D eigenvalue weighted by atomic mass is 9.76. The van der Waals surface area contributed by atoms with Crippen LogP contribution in [0.5, 0.6) is 0 Å². The Hall–Kier alpha value is -1.10. The summed E-state index contributed by atoms with van der Waals surface area (Å²) >= 11 is 12.2. The molecule has 21 heavy (non-hydrogen) atoms. The highest BCUT2D eigenvalue weighted by atomic mass is 35.5. The summed E-state index contributed by atoms with van der Waals surface area (Å²) in [5.41, 5.74) is 0.0549. The molecule has 0 radical (unpaired) electrons. The standard InChI is InChI=1S/C15H17Cl2N3O/c16-12-5-4-11(13(17)7-12)8-15(21)6-2-1-3-14(15)20-10-18-9-19-20/h4-5,7,9-10,14,21H,1-3,6,8H2. The molecule has 1 fully saturated rings. The first kappa shape index (κ1) is 14.8. The summed E-state index contributed by atoms with van der Waals surface area (Å²) in [6.07, 6.45) is 7.39. The average molecular weight is 326 g/mol. The fourth-order valence-electron chi connectivity index (χ4n) is 3.16. The average Bonchev–Trinajstić information content (AvgIpc) is 2.96. The highest BCUT2D eigenvalue weighted by Gasteiger charge is 2.41. The van der Waals surface area contributed by atoms with Gasteiger partial charge in [-0.1, -0.05) is 42.1 Å². The molecule has 3 rings (SSSR count). The van der Waals surface area contributed by atoms with Crippen LogP contribution in [0.4, 0.5) is 0 Å². The van der Waals surface area contributed by atoms with Crippen LogP contribution in [0.3, 0.4) is 0 Å². The van der Waals surface area contributed by atoms with Gasteiger partial charge in [0.15, 0.2) is 0 Å². The second-order valence-electron chi connectivity index (χ2n) is 5.65. The van der Waals surface area contributed by atoms with E-state index in [2.05, 4.69) is 10.1 Å². The number of aliphatic hydroxyl groups is 1. The van der Waals surface area contributed by atoms with Gasteiger partial charge in [0.05, 0.1) is 11.6 Å². The van der Waals surface area contributed by atoms with Gasteiger partial charge in [0.25, 0.3) is 0 Å². The molecule has 0 saturated heterocycles. The predicted octanol–water partition coefficient (Wildman–Crippen LogP) is 3.67. The van der Waals surface area contributed by atoms with E-state index in [4.69, 9.17) is 23.2 Å². The molecule has 2 aromatic rings. The van der Waals surface area contributed by atoms with Crippen LogP contribution in [0.25, 0.3) is 0 Å². The van der Waals surface area contributed by atoms with Crippen LogP contribution in [0.15, 0.2) is 30.9 Å². The molecule has 2 atom stereocenters. The molecule has 0 aliphatic heterocycles. The van der Waals surface area contributed by atoms with Crippen LogP contribution in [0.2, 0.25) is 10.0 Å². The molecular formula is C15H17Cl2N3O. The van der Waals surface area contributed by atoms with Crippen molar-refractivity contribution in [3.63, 3.8) is 0 Å². The summed E-state index contributed by atoms with van der Waals surface area (Å²) in [4.78, 5) is 4.00. The van der Waals surface area contributed by atoms with Crippen LogP contribution < -0.4 is 0 Å². The molecule has 1 heterocycles. The highest BCUT2D eigenvalue weighted by Crippen LogP contribution is 2.40. The zero-order valence-corrected chi connectivity index (χ0v) is 13.1. The van der Waals surface area contributed by atoms with Crippen molar-refractivity contribution in [2.75, 3.05) is 0 Å². The molecule has 1 aromatic heterocycles. The van der Waals surface area contributed by atoms with Gasteiger partial charge in [0, 0.05) is 16.5 Å². The zero-order chi connectivity index (χ0) is 14.9. The van der Waals surface area contributed by atoms with E-state index in [-0.39, 0.29) is 6.04 Å². The Balaban J connectivity index is 1.89. The second-order valence-corrected chi connectivity index (χ2v) is 6.50. The van der Waals surface area contributed by atoms with Gasteiger partial charge in [-0.05, 0) is 30.5 Å². The monoisotopic (exact) mass is 325 g/mol. The van der Waals surface area contributed by atoms with Crippen molar-refractivity contribution >= 4 is 23.2 Å². The molecule has 112 valence electrons. The van der Waals surface area contributed by atoms with Crippen LogP contribution >= 0.6 is 23.2 Å². The Labute approximate surface area is 133 Å². The first-order valence-electron chi connectivity index (χ1n) is 7.09. The van der Waals surface area contributed by atoms with Crippen molar-refractivity contribution in [2.24, 2.45) is 0 Å². The van der Waals surface area contributed by atoms with Crippen molar-refractivity contribution in [1.29, 1.82) is 0 Å². The van der Waals surface area contributed by atoms with Gasteiger partial charge >= 0.3 is 0 Å².